The van der Waals surface area contributed by atoms with Crippen molar-refractivity contribution in [3.63, 3.8) is 0 Å². The average Bonchev–Trinajstić information content (AvgIpc) is 2.60. The molecule has 1 unspecified atom stereocenters. The molecule has 1 fully saturated rings. The summed E-state index contributed by atoms with van der Waals surface area (Å²) in [5.74, 6) is -0.347. The Balaban J connectivity index is 1.88. The molecule has 0 radical (unpaired) electrons. The second-order valence-electron chi connectivity index (χ2n) is 6.18. The van der Waals surface area contributed by atoms with Gasteiger partial charge in [0.2, 0.25) is 5.91 Å². The number of rotatable bonds is 8. The summed E-state index contributed by atoms with van der Waals surface area (Å²) in [6, 6.07) is 3.55. The molecule has 25 heavy (non-hydrogen) atoms. The zero-order chi connectivity index (χ0) is 18.2. The number of carbonyl (C=O) groups is 2. The van der Waals surface area contributed by atoms with Gasteiger partial charge in [0.1, 0.15) is 5.75 Å². The van der Waals surface area contributed by atoms with Crippen LogP contribution < -0.4 is 10.1 Å². The van der Waals surface area contributed by atoms with Gasteiger partial charge < -0.3 is 19.9 Å². The third-order valence-electron chi connectivity index (χ3n) is 4.42. The van der Waals surface area contributed by atoms with Crippen LogP contribution in [0, 0.1) is 5.92 Å². The highest BCUT2D eigenvalue weighted by atomic mass is 35.5. The summed E-state index contributed by atoms with van der Waals surface area (Å²) < 4.78 is 10.4. The first-order valence-corrected chi connectivity index (χ1v) is 8.82. The zero-order valence-corrected chi connectivity index (χ0v) is 15.1. The number of carboxylic acids is 1. The summed E-state index contributed by atoms with van der Waals surface area (Å²) in [5, 5.41) is 12.3. The molecule has 1 aromatic carbocycles. The number of aliphatic carboxylic acids is 1. The van der Waals surface area contributed by atoms with E-state index in [9.17, 15) is 14.7 Å². The molecule has 1 heterocycles. The van der Waals surface area contributed by atoms with Crippen molar-refractivity contribution in [3.8, 4) is 5.75 Å². The van der Waals surface area contributed by atoms with Crippen molar-refractivity contribution in [2.24, 2.45) is 5.92 Å². The first kappa shape index (κ1) is 19.5. The van der Waals surface area contributed by atoms with Crippen LogP contribution >= 0.6 is 11.6 Å². The van der Waals surface area contributed by atoms with Crippen LogP contribution in [0.25, 0.3) is 0 Å². The van der Waals surface area contributed by atoms with E-state index in [1.165, 1.54) is 13.2 Å². The summed E-state index contributed by atoms with van der Waals surface area (Å²) in [4.78, 5) is 23.6. The second kappa shape index (κ2) is 9.63. The molecule has 2 N–H and O–H groups in total. The van der Waals surface area contributed by atoms with E-state index in [1.54, 1.807) is 12.1 Å². The average molecular weight is 370 g/mol. The minimum Gasteiger partial charge on any atom is -0.495 e. The van der Waals surface area contributed by atoms with Gasteiger partial charge in [-0.2, -0.15) is 0 Å². The molecule has 0 aliphatic carbocycles. The number of ether oxygens (including phenoxy) is 2. The van der Waals surface area contributed by atoms with Gasteiger partial charge in [0.25, 0.3) is 0 Å². The van der Waals surface area contributed by atoms with Crippen molar-refractivity contribution < 1.29 is 24.2 Å². The Morgan fingerprint density at radius 3 is 2.72 bits per heavy atom. The molecule has 1 aliphatic heterocycles. The van der Waals surface area contributed by atoms with Crippen LogP contribution in [0.2, 0.25) is 5.02 Å². The molecule has 1 aromatic rings. The third kappa shape index (κ3) is 5.90. The van der Waals surface area contributed by atoms with E-state index < -0.39 is 12.0 Å². The van der Waals surface area contributed by atoms with Crippen LogP contribution in [0.4, 0.5) is 0 Å². The van der Waals surface area contributed by atoms with E-state index >= 15 is 0 Å². The quantitative estimate of drug-likeness (QED) is 0.735. The lowest BCUT2D eigenvalue weighted by Gasteiger charge is -2.21. The molecule has 1 aliphatic rings. The SMILES string of the molecule is COc1ccc(C(NC(=O)CCCC2CCOCC2)C(=O)O)cc1Cl. The largest absolute Gasteiger partial charge is 0.495 e. The van der Waals surface area contributed by atoms with E-state index in [-0.39, 0.29) is 5.91 Å². The van der Waals surface area contributed by atoms with Gasteiger partial charge in [0.15, 0.2) is 6.04 Å². The van der Waals surface area contributed by atoms with Crippen molar-refractivity contribution in [3.05, 3.63) is 28.8 Å². The molecule has 0 aromatic heterocycles. The molecule has 1 atom stereocenters. The number of methoxy groups -OCH3 is 1. The van der Waals surface area contributed by atoms with Crippen LogP contribution in [0.3, 0.4) is 0 Å². The number of nitrogens with one attached hydrogen (secondary N) is 1. The van der Waals surface area contributed by atoms with Crippen molar-refractivity contribution in [1.29, 1.82) is 0 Å². The number of benzene rings is 1. The maximum atomic E-state index is 12.1. The van der Waals surface area contributed by atoms with Crippen molar-refractivity contribution in [2.75, 3.05) is 20.3 Å². The fourth-order valence-electron chi connectivity index (χ4n) is 2.97. The Morgan fingerprint density at radius 2 is 2.12 bits per heavy atom. The van der Waals surface area contributed by atoms with Crippen molar-refractivity contribution >= 4 is 23.5 Å². The Morgan fingerprint density at radius 1 is 1.40 bits per heavy atom. The Labute approximate surface area is 152 Å². The predicted molar refractivity (Wildman–Crippen MR) is 93.9 cm³/mol. The minimum atomic E-state index is -1.13. The second-order valence-corrected chi connectivity index (χ2v) is 6.59. The molecule has 7 heteroatoms. The highest BCUT2D eigenvalue weighted by molar-refractivity contribution is 6.32. The van der Waals surface area contributed by atoms with Gasteiger partial charge in [-0.1, -0.05) is 17.7 Å². The smallest absolute Gasteiger partial charge is 0.330 e. The van der Waals surface area contributed by atoms with Crippen LogP contribution in [0.1, 0.15) is 43.7 Å². The standard InChI is InChI=1S/C18H24ClNO5/c1-24-15-6-5-13(11-14(15)19)17(18(22)23)20-16(21)4-2-3-12-7-9-25-10-8-12/h5-6,11-12,17H,2-4,7-10H2,1H3,(H,20,21)(H,22,23). The number of hydrogen-bond donors (Lipinski definition) is 2. The Kier molecular flexibility index (Phi) is 7.52. The first-order chi connectivity index (χ1) is 12.0. The maximum Gasteiger partial charge on any atom is 0.330 e. The van der Waals surface area contributed by atoms with Gasteiger partial charge in [0, 0.05) is 19.6 Å². The molecule has 138 valence electrons. The summed E-state index contributed by atoms with van der Waals surface area (Å²) >= 11 is 6.04. The van der Waals surface area contributed by atoms with Gasteiger partial charge in [-0.3, -0.25) is 4.79 Å². The molecular weight excluding hydrogens is 346 g/mol. The van der Waals surface area contributed by atoms with Crippen LogP contribution in [-0.2, 0) is 14.3 Å². The monoisotopic (exact) mass is 369 g/mol. The Hall–Kier alpha value is -1.79. The van der Waals surface area contributed by atoms with E-state index in [0.717, 1.165) is 38.9 Å². The van der Waals surface area contributed by atoms with Crippen molar-refractivity contribution in [1.82, 2.24) is 5.32 Å². The Bertz CT molecular complexity index is 601. The highest BCUT2D eigenvalue weighted by Gasteiger charge is 2.23. The van der Waals surface area contributed by atoms with Gasteiger partial charge in [-0.05, 0) is 49.3 Å². The molecular formula is C18H24ClNO5. The molecule has 1 amide bonds. The molecule has 0 saturated carbocycles. The summed E-state index contributed by atoms with van der Waals surface area (Å²) in [7, 11) is 1.48. The fourth-order valence-corrected chi connectivity index (χ4v) is 3.24. The molecule has 1 saturated heterocycles. The van der Waals surface area contributed by atoms with E-state index in [2.05, 4.69) is 5.32 Å². The third-order valence-corrected chi connectivity index (χ3v) is 4.71. The van der Waals surface area contributed by atoms with E-state index in [0.29, 0.717) is 28.7 Å². The number of halogens is 1. The molecule has 6 nitrogen and oxygen atoms in total. The lowest BCUT2D eigenvalue weighted by Crippen LogP contribution is -2.33. The molecule has 0 spiro atoms. The minimum absolute atomic E-state index is 0.272. The van der Waals surface area contributed by atoms with Crippen LogP contribution in [-0.4, -0.2) is 37.3 Å². The predicted octanol–water partition coefficient (Wildman–Crippen LogP) is 3.19. The summed E-state index contributed by atoms with van der Waals surface area (Å²) in [5.41, 5.74) is 0.413. The summed E-state index contributed by atoms with van der Waals surface area (Å²) in [6.45, 7) is 1.58. The van der Waals surface area contributed by atoms with E-state index in [4.69, 9.17) is 21.1 Å². The van der Waals surface area contributed by atoms with Crippen LogP contribution in [0.5, 0.6) is 5.75 Å². The zero-order valence-electron chi connectivity index (χ0n) is 14.3. The van der Waals surface area contributed by atoms with Crippen molar-refractivity contribution in [2.45, 2.75) is 38.1 Å². The molecule has 0 bridgehead atoms. The van der Waals surface area contributed by atoms with E-state index in [1.807, 2.05) is 0 Å². The number of carboxylic acid groups (broad SMARTS) is 1. The first-order valence-electron chi connectivity index (χ1n) is 8.44. The lowest BCUT2D eigenvalue weighted by molar-refractivity contribution is -0.142. The normalized spacial score (nSPS) is 16.2. The fraction of sp³-hybridized carbons (Fsp3) is 0.556. The molecule has 2 rings (SSSR count). The number of hydrogen-bond acceptors (Lipinski definition) is 4. The maximum absolute atomic E-state index is 12.1. The number of carbonyl (C=O) groups excluding carboxylic acids is 1. The van der Waals surface area contributed by atoms with Gasteiger partial charge >= 0.3 is 5.97 Å². The highest BCUT2D eigenvalue weighted by Crippen LogP contribution is 2.28. The van der Waals surface area contributed by atoms with Gasteiger partial charge in [-0.15, -0.1) is 0 Å². The van der Waals surface area contributed by atoms with Crippen LogP contribution in [0.15, 0.2) is 18.2 Å². The topological polar surface area (TPSA) is 84.9 Å². The lowest BCUT2D eigenvalue weighted by atomic mass is 9.94. The summed E-state index contributed by atoms with van der Waals surface area (Å²) in [6.07, 6.45) is 4.08. The number of amides is 1. The van der Waals surface area contributed by atoms with Gasteiger partial charge in [0.05, 0.1) is 12.1 Å². The van der Waals surface area contributed by atoms with Gasteiger partial charge in [-0.25, -0.2) is 4.79 Å².